The molecule has 13 heavy (non-hydrogen) atoms. The number of rotatable bonds is 3. The maximum atomic E-state index is 8.63. The van der Waals surface area contributed by atoms with Crippen LogP contribution in [0, 0.1) is 22.7 Å². The first-order valence-electron chi connectivity index (χ1n) is 4.47. The van der Waals surface area contributed by atoms with E-state index < -0.39 is 0 Å². The van der Waals surface area contributed by atoms with E-state index in [1.165, 1.54) is 0 Å². The fraction of sp³-hybridized carbons (Fsp3) is 0.778. The fourth-order valence-corrected chi connectivity index (χ4v) is 1.37. The highest BCUT2D eigenvalue weighted by Gasteiger charge is 2.18. The third-order valence-electron chi connectivity index (χ3n) is 2.06. The van der Waals surface area contributed by atoms with Gasteiger partial charge in [-0.3, -0.25) is 4.90 Å². The molecule has 4 heteroatoms. The minimum Gasteiger partial charge on any atom is -0.361 e. The van der Waals surface area contributed by atoms with Gasteiger partial charge in [-0.05, 0) is 13.0 Å². The van der Waals surface area contributed by atoms with Crippen LogP contribution in [0.25, 0.3) is 0 Å². The molecule has 70 valence electrons. The zero-order chi connectivity index (χ0) is 9.52. The molecule has 0 aromatic heterocycles. The van der Waals surface area contributed by atoms with E-state index in [1.807, 2.05) is 0 Å². The van der Waals surface area contributed by atoms with Crippen molar-refractivity contribution in [1.29, 1.82) is 10.5 Å². The van der Waals surface area contributed by atoms with Gasteiger partial charge in [0, 0.05) is 19.5 Å². The zero-order valence-corrected chi connectivity index (χ0v) is 7.57. The summed E-state index contributed by atoms with van der Waals surface area (Å²) in [6.45, 7) is 3.09. The Morgan fingerprint density at radius 1 is 1.46 bits per heavy atom. The second kappa shape index (κ2) is 5.53. The van der Waals surface area contributed by atoms with Gasteiger partial charge in [-0.15, -0.1) is 0 Å². The van der Waals surface area contributed by atoms with Crippen LogP contribution >= 0.6 is 0 Å². The maximum Gasteiger partial charge on any atom is 0.156 e. The van der Waals surface area contributed by atoms with E-state index >= 15 is 0 Å². The predicted molar refractivity (Wildman–Crippen MR) is 46.6 cm³/mol. The average Bonchev–Trinajstić information content (AvgIpc) is 2.19. The normalized spacial score (nSPS) is 23.4. The van der Waals surface area contributed by atoms with Crippen molar-refractivity contribution in [3.05, 3.63) is 0 Å². The van der Waals surface area contributed by atoms with Crippen molar-refractivity contribution in [1.82, 2.24) is 4.90 Å². The third kappa shape index (κ3) is 3.42. The van der Waals surface area contributed by atoms with Gasteiger partial charge in [-0.2, -0.15) is 10.5 Å². The molecule has 1 rings (SSSR count). The molecule has 0 N–H and O–H groups in total. The maximum absolute atomic E-state index is 8.63. The summed E-state index contributed by atoms with van der Waals surface area (Å²) in [6.07, 6.45) is 1.19. The molecule has 0 bridgehead atoms. The second-order valence-electron chi connectivity index (χ2n) is 3.05. The van der Waals surface area contributed by atoms with E-state index in [9.17, 15) is 0 Å². The number of unbranched alkanes of at least 4 members (excludes halogenated alkanes) is 1. The quantitative estimate of drug-likeness (QED) is 0.592. The van der Waals surface area contributed by atoms with Crippen molar-refractivity contribution in [2.45, 2.75) is 18.9 Å². The van der Waals surface area contributed by atoms with Crippen LogP contribution in [0.4, 0.5) is 0 Å². The van der Waals surface area contributed by atoms with Crippen LogP contribution in [-0.4, -0.2) is 37.2 Å². The molecule has 1 atom stereocenters. The van der Waals surface area contributed by atoms with Crippen LogP contribution in [-0.2, 0) is 4.74 Å². The highest BCUT2D eigenvalue weighted by molar-refractivity contribution is 4.89. The molecular formula is C9H13N3O. The van der Waals surface area contributed by atoms with Crippen LogP contribution in [0.5, 0.6) is 0 Å². The summed E-state index contributed by atoms with van der Waals surface area (Å²) >= 11 is 0. The molecular weight excluding hydrogens is 166 g/mol. The summed E-state index contributed by atoms with van der Waals surface area (Å²) in [4.78, 5) is 2.18. The standard InChI is InChI=1S/C9H13N3O/c10-3-1-2-4-12-5-6-13-9(7-11)8-12/h9H,1-2,4-6,8H2. The van der Waals surface area contributed by atoms with E-state index in [2.05, 4.69) is 17.0 Å². The lowest BCUT2D eigenvalue weighted by Gasteiger charge is -2.29. The van der Waals surface area contributed by atoms with Crippen molar-refractivity contribution in [2.75, 3.05) is 26.2 Å². The van der Waals surface area contributed by atoms with E-state index in [-0.39, 0.29) is 6.10 Å². The third-order valence-corrected chi connectivity index (χ3v) is 2.06. The van der Waals surface area contributed by atoms with Crippen LogP contribution in [0.3, 0.4) is 0 Å². The van der Waals surface area contributed by atoms with E-state index in [1.54, 1.807) is 0 Å². The Morgan fingerprint density at radius 3 is 3.00 bits per heavy atom. The minimum absolute atomic E-state index is 0.282. The monoisotopic (exact) mass is 179 g/mol. The van der Waals surface area contributed by atoms with Crippen molar-refractivity contribution >= 4 is 0 Å². The summed E-state index contributed by atoms with van der Waals surface area (Å²) in [5.41, 5.74) is 0. The molecule has 0 radical (unpaired) electrons. The Kier molecular flexibility index (Phi) is 4.25. The number of hydrogen-bond donors (Lipinski definition) is 0. The summed E-state index contributed by atoms with van der Waals surface area (Å²) in [6, 6.07) is 4.20. The van der Waals surface area contributed by atoms with Crippen LogP contribution in [0.1, 0.15) is 12.8 Å². The van der Waals surface area contributed by atoms with Gasteiger partial charge in [-0.25, -0.2) is 0 Å². The Balaban J connectivity index is 2.20. The SMILES string of the molecule is N#CCCCN1CCOC(C#N)C1. The summed E-state index contributed by atoms with van der Waals surface area (Å²) in [5, 5.41) is 17.0. The molecule has 1 unspecified atom stereocenters. The Morgan fingerprint density at radius 2 is 2.31 bits per heavy atom. The zero-order valence-electron chi connectivity index (χ0n) is 7.57. The first-order chi connectivity index (χ1) is 6.36. The lowest BCUT2D eigenvalue weighted by atomic mass is 10.2. The summed E-state index contributed by atoms with van der Waals surface area (Å²) in [5.74, 6) is 0. The van der Waals surface area contributed by atoms with Crippen LogP contribution < -0.4 is 0 Å². The second-order valence-corrected chi connectivity index (χ2v) is 3.05. The predicted octanol–water partition coefficient (Wildman–Crippen LogP) is 0.515. The molecule has 0 spiro atoms. The van der Waals surface area contributed by atoms with Gasteiger partial charge in [-0.1, -0.05) is 0 Å². The molecule has 4 nitrogen and oxygen atoms in total. The number of nitrogens with zero attached hydrogens (tertiary/aromatic N) is 3. The van der Waals surface area contributed by atoms with Gasteiger partial charge in [0.2, 0.25) is 0 Å². The van der Waals surface area contributed by atoms with Gasteiger partial charge in [0.15, 0.2) is 6.10 Å². The molecule has 1 aliphatic rings. The van der Waals surface area contributed by atoms with Crippen LogP contribution in [0.15, 0.2) is 0 Å². The van der Waals surface area contributed by atoms with Crippen molar-refractivity contribution in [3.63, 3.8) is 0 Å². The van der Waals surface area contributed by atoms with Gasteiger partial charge >= 0.3 is 0 Å². The van der Waals surface area contributed by atoms with Gasteiger partial charge in [0.25, 0.3) is 0 Å². The summed E-state index contributed by atoms with van der Waals surface area (Å²) in [7, 11) is 0. The van der Waals surface area contributed by atoms with Gasteiger partial charge < -0.3 is 4.74 Å². The average molecular weight is 179 g/mol. The van der Waals surface area contributed by atoms with Crippen molar-refractivity contribution in [2.24, 2.45) is 0 Å². The molecule has 1 heterocycles. The van der Waals surface area contributed by atoms with Crippen LogP contribution in [0.2, 0.25) is 0 Å². The first kappa shape index (κ1) is 9.98. The highest BCUT2D eigenvalue weighted by Crippen LogP contribution is 2.05. The van der Waals surface area contributed by atoms with E-state index in [4.69, 9.17) is 15.3 Å². The van der Waals surface area contributed by atoms with Gasteiger partial charge in [0.1, 0.15) is 0 Å². The largest absolute Gasteiger partial charge is 0.361 e. The Labute approximate surface area is 78.3 Å². The Hall–Kier alpha value is -1.10. The summed E-state index contributed by atoms with van der Waals surface area (Å²) < 4.78 is 5.20. The van der Waals surface area contributed by atoms with Gasteiger partial charge in [0.05, 0.1) is 18.7 Å². The van der Waals surface area contributed by atoms with E-state index in [0.29, 0.717) is 19.6 Å². The molecule has 0 aromatic carbocycles. The van der Waals surface area contributed by atoms with Crippen molar-refractivity contribution in [3.8, 4) is 12.1 Å². The molecule has 0 amide bonds. The molecule has 0 aromatic rings. The topological polar surface area (TPSA) is 60.1 Å². The Bertz CT molecular complexity index is 228. The molecule has 1 aliphatic heterocycles. The lowest BCUT2D eigenvalue weighted by molar-refractivity contribution is 0.000383. The molecule has 0 aliphatic carbocycles. The minimum atomic E-state index is -0.282. The molecule has 0 saturated carbocycles. The number of ether oxygens (including phenoxy) is 1. The number of nitriles is 2. The first-order valence-corrected chi connectivity index (χ1v) is 4.47. The lowest BCUT2D eigenvalue weighted by Crippen LogP contribution is -2.42. The fourth-order valence-electron chi connectivity index (χ4n) is 1.37. The smallest absolute Gasteiger partial charge is 0.156 e. The number of morpholine rings is 1. The van der Waals surface area contributed by atoms with E-state index in [0.717, 1.165) is 19.5 Å². The number of hydrogen-bond acceptors (Lipinski definition) is 4. The molecule has 1 fully saturated rings. The molecule has 1 saturated heterocycles. The van der Waals surface area contributed by atoms with Crippen molar-refractivity contribution < 1.29 is 4.74 Å². The highest BCUT2D eigenvalue weighted by atomic mass is 16.5.